The summed E-state index contributed by atoms with van der Waals surface area (Å²) in [6, 6.07) is 14.6. The van der Waals surface area contributed by atoms with Gasteiger partial charge in [0.25, 0.3) is 0 Å². The van der Waals surface area contributed by atoms with Gasteiger partial charge in [0.05, 0.1) is 5.75 Å². The summed E-state index contributed by atoms with van der Waals surface area (Å²) in [4.78, 5) is 14.8. The van der Waals surface area contributed by atoms with E-state index in [1.807, 2.05) is 23.1 Å². The molecule has 2 aromatic rings. The fourth-order valence-electron chi connectivity index (χ4n) is 2.57. The normalized spacial score (nSPS) is 13.9. The molecular weight excluding hydrogens is 285 g/mol. The van der Waals surface area contributed by atoms with Gasteiger partial charge in [-0.3, -0.25) is 4.79 Å². The van der Waals surface area contributed by atoms with Gasteiger partial charge in [0, 0.05) is 17.1 Å². The molecule has 0 saturated heterocycles. The van der Waals surface area contributed by atoms with E-state index in [-0.39, 0.29) is 17.5 Å². The van der Waals surface area contributed by atoms with Crippen LogP contribution < -0.4 is 4.90 Å². The summed E-state index contributed by atoms with van der Waals surface area (Å²) >= 11 is 1.26. The standard InChI is InChI=1S/C17H16FNOS/c18-14-8-2-4-10-16(14)21-12-17(20)19-11-5-7-13-6-1-3-9-15(13)19/h1-4,6,8-10H,5,7,11-12H2. The lowest BCUT2D eigenvalue weighted by Gasteiger charge is -2.29. The average Bonchev–Trinajstić information content (AvgIpc) is 2.53. The van der Waals surface area contributed by atoms with Gasteiger partial charge in [0.2, 0.25) is 5.91 Å². The number of aryl methyl sites for hydroxylation is 1. The lowest BCUT2D eigenvalue weighted by molar-refractivity contribution is -0.116. The second-order valence-electron chi connectivity index (χ2n) is 5.00. The van der Waals surface area contributed by atoms with Gasteiger partial charge in [0.15, 0.2) is 0 Å². The second kappa shape index (κ2) is 6.31. The third-order valence-electron chi connectivity index (χ3n) is 3.60. The van der Waals surface area contributed by atoms with Gasteiger partial charge >= 0.3 is 0 Å². The summed E-state index contributed by atoms with van der Waals surface area (Å²) in [5.41, 5.74) is 2.22. The molecule has 1 heterocycles. The van der Waals surface area contributed by atoms with E-state index < -0.39 is 0 Å². The highest BCUT2D eigenvalue weighted by Crippen LogP contribution is 2.28. The molecule has 2 aromatic carbocycles. The number of nitrogens with zero attached hydrogens (tertiary/aromatic N) is 1. The summed E-state index contributed by atoms with van der Waals surface area (Å²) < 4.78 is 13.6. The van der Waals surface area contributed by atoms with Crippen molar-refractivity contribution in [3.05, 3.63) is 59.9 Å². The number of hydrogen-bond acceptors (Lipinski definition) is 2. The van der Waals surface area contributed by atoms with Crippen molar-refractivity contribution in [1.29, 1.82) is 0 Å². The number of carbonyl (C=O) groups excluding carboxylic acids is 1. The van der Waals surface area contributed by atoms with Crippen LogP contribution in [0.25, 0.3) is 0 Å². The molecule has 0 spiro atoms. The van der Waals surface area contributed by atoms with Gasteiger partial charge in [-0.05, 0) is 36.6 Å². The number of benzene rings is 2. The fraction of sp³-hybridized carbons (Fsp3) is 0.235. The Kier molecular flexibility index (Phi) is 4.25. The van der Waals surface area contributed by atoms with Crippen LogP contribution >= 0.6 is 11.8 Å². The van der Waals surface area contributed by atoms with Gasteiger partial charge in [-0.15, -0.1) is 11.8 Å². The van der Waals surface area contributed by atoms with E-state index in [2.05, 4.69) is 6.07 Å². The summed E-state index contributed by atoms with van der Waals surface area (Å²) in [5.74, 6) is 0.0275. The molecule has 3 rings (SSSR count). The Morgan fingerprint density at radius 1 is 1.14 bits per heavy atom. The minimum Gasteiger partial charge on any atom is -0.311 e. The predicted octanol–water partition coefficient (Wildman–Crippen LogP) is 3.90. The smallest absolute Gasteiger partial charge is 0.237 e. The quantitative estimate of drug-likeness (QED) is 0.801. The molecule has 0 aliphatic carbocycles. The van der Waals surface area contributed by atoms with Gasteiger partial charge in [-0.25, -0.2) is 4.39 Å². The molecule has 0 aromatic heterocycles. The van der Waals surface area contributed by atoms with E-state index in [0.717, 1.165) is 25.1 Å². The van der Waals surface area contributed by atoms with Crippen LogP contribution in [0.4, 0.5) is 10.1 Å². The van der Waals surface area contributed by atoms with E-state index >= 15 is 0 Å². The maximum Gasteiger partial charge on any atom is 0.237 e. The predicted molar refractivity (Wildman–Crippen MR) is 84.2 cm³/mol. The molecule has 0 saturated carbocycles. The molecule has 0 bridgehead atoms. The van der Waals surface area contributed by atoms with Crippen LogP contribution in [-0.4, -0.2) is 18.2 Å². The van der Waals surface area contributed by atoms with Crippen LogP contribution in [0.3, 0.4) is 0 Å². The molecule has 0 atom stereocenters. The van der Waals surface area contributed by atoms with Crippen LogP contribution in [0.1, 0.15) is 12.0 Å². The highest BCUT2D eigenvalue weighted by molar-refractivity contribution is 8.00. The maximum absolute atomic E-state index is 13.6. The number of fused-ring (bicyclic) bond motifs is 1. The van der Waals surface area contributed by atoms with Crippen molar-refractivity contribution in [2.24, 2.45) is 0 Å². The average molecular weight is 301 g/mol. The number of halogens is 1. The van der Waals surface area contributed by atoms with Crippen molar-refractivity contribution in [3.63, 3.8) is 0 Å². The minimum atomic E-state index is -0.269. The summed E-state index contributed by atoms with van der Waals surface area (Å²) in [6.45, 7) is 0.744. The second-order valence-corrected chi connectivity index (χ2v) is 6.01. The van der Waals surface area contributed by atoms with Crippen molar-refractivity contribution in [2.75, 3.05) is 17.2 Å². The van der Waals surface area contributed by atoms with Gasteiger partial charge in [0.1, 0.15) is 5.82 Å². The Labute approximate surface area is 128 Å². The highest BCUT2D eigenvalue weighted by Gasteiger charge is 2.22. The lowest BCUT2D eigenvalue weighted by Crippen LogP contribution is -2.36. The molecule has 0 N–H and O–H groups in total. The largest absolute Gasteiger partial charge is 0.311 e. The van der Waals surface area contributed by atoms with Crippen LogP contribution in [0.15, 0.2) is 53.4 Å². The number of amides is 1. The third-order valence-corrected chi connectivity index (χ3v) is 4.63. The first kappa shape index (κ1) is 14.1. The Morgan fingerprint density at radius 3 is 2.76 bits per heavy atom. The van der Waals surface area contributed by atoms with Crippen molar-refractivity contribution in [2.45, 2.75) is 17.7 Å². The van der Waals surface area contributed by atoms with Gasteiger partial charge < -0.3 is 4.90 Å². The summed E-state index contributed by atoms with van der Waals surface area (Å²) in [5, 5.41) is 0. The summed E-state index contributed by atoms with van der Waals surface area (Å²) in [6.07, 6.45) is 1.99. The monoisotopic (exact) mass is 301 g/mol. The first-order valence-corrected chi connectivity index (χ1v) is 8.00. The number of rotatable bonds is 3. The minimum absolute atomic E-state index is 0.0374. The number of para-hydroxylation sites is 1. The first-order chi connectivity index (χ1) is 10.3. The Morgan fingerprint density at radius 2 is 1.90 bits per heavy atom. The Balaban J connectivity index is 1.71. The third kappa shape index (κ3) is 3.10. The molecule has 0 radical (unpaired) electrons. The lowest BCUT2D eigenvalue weighted by atomic mass is 10.0. The number of carbonyl (C=O) groups is 1. The van der Waals surface area contributed by atoms with Crippen LogP contribution in [0, 0.1) is 5.82 Å². The van der Waals surface area contributed by atoms with Crippen LogP contribution in [-0.2, 0) is 11.2 Å². The van der Waals surface area contributed by atoms with E-state index in [9.17, 15) is 9.18 Å². The van der Waals surface area contributed by atoms with E-state index in [1.54, 1.807) is 18.2 Å². The van der Waals surface area contributed by atoms with E-state index in [4.69, 9.17) is 0 Å². The van der Waals surface area contributed by atoms with Crippen LogP contribution in [0.2, 0.25) is 0 Å². The Hall–Kier alpha value is -1.81. The maximum atomic E-state index is 13.6. The highest BCUT2D eigenvalue weighted by atomic mass is 32.2. The number of thioether (sulfide) groups is 1. The molecule has 0 unspecified atom stereocenters. The van der Waals surface area contributed by atoms with E-state index in [0.29, 0.717) is 4.90 Å². The molecule has 1 amide bonds. The molecule has 1 aliphatic rings. The topological polar surface area (TPSA) is 20.3 Å². The molecule has 1 aliphatic heterocycles. The Bertz CT molecular complexity index is 659. The zero-order valence-corrected chi connectivity index (χ0v) is 12.4. The number of anilines is 1. The summed E-state index contributed by atoms with van der Waals surface area (Å²) in [7, 11) is 0. The SMILES string of the molecule is O=C(CSc1ccccc1F)N1CCCc2ccccc21. The van der Waals surface area contributed by atoms with Gasteiger partial charge in [-0.1, -0.05) is 30.3 Å². The number of hydrogen-bond donors (Lipinski definition) is 0. The fourth-order valence-corrected chi connectivity index (χ4v) is 3.39. The van der Waals surface area contributed by atoms with Crippen molar-refractivity contribution in [1.82, 2.24) is 0 Å². The molecule has 4 heteroatoms. The van der Waals surface area contributed by atoms with Crippen molar-refractivity contribution in [3.8, 4) is 0 Å². The molecular formula is C17H16FNOS. The zero-order chi connectivity index (χ0) is 14.7. The van der Waals surface area contributed by atoms with Crippen molar-refractivity contribution >= 4 is 23.4 Å². The van der Waals surface area contributed by atoms with E-state index in [1.165, 1.54) is 23.4 Å². The molecule has 108 valence electrons. The van der Waals surface area contributed by atoms with Crippen LogP contribution in [0.5, 0.6) is 0 Å². The molecule has 2 nitrogen and oxygen atoms in total. The van der Waals surface area contributed by atoms with Gasteiger partial charge in [-0.2, -0.15) is 0 Å². The van der Waals surface area contributed by atoms with Crippen molar-refractivity contribution < 1.29 is 9.18 Å². The first-order valence-electron chi connectivity index (χ1n) is 7.01. The molecule has 0 fully saturated rings. The zero-order valence-electron chi connectivity index (χ0n) is 11.6. The molecule has 21 heavy (non-hydrogen) atoms.